The number of esters is 1. The molecule has 1 atom stereocenters. The molecule has 0 fully saturated rings. The predicted molar refractivity (Wildman–Crippen MR) is 129 cm³/mol. The maximum absolute atomic E-state index is 13.6. The van der Waals surface area contributed by atoms with Gasteiger partial charge in [0.1, 0.15) is 17.5 Å². The maximum atomic E-state index is 13.6. The molecule has 0 amide bonds. The Labute approximate surface area is 198 Å². The molecule has 0 bridgehead atoms. The highest BCUT2D eigenvalue weighted by Gasteiger charge is 2.34. The van der Waals surface area contributed by atoms with Crippen LogP contribution < -0.4 is 24.4 Å². The minimum absolute atomic E-state index is 0.232. The molecule has 0 N–H and O–H groups in total. The number of hydrogen-bond acceptors (Lipinski definition) is 8. The zero-order valence-corrected chi connectivity index (χ0v) is 20.6. The monoisotopic (exact) mass is 484 g/mol. The lowest BCUT2D eigenvalue weighted by Gasteiger charge is -2.24. The second-order valence-electron chi connectivity index (χ2n) is 7.66. The molecule has 1 aliphatic heterocycles. The first kappa shape index (κ1) is 23.0. The number of carbonyl (C=O) groups is 1. The summed E-state index contributed by atoms with van der Waals surface area (Å²) in [6.45, 7) is 5.37. The molecule has 0 radical (unpaired) electrons. The third kappa shape index (κ3) is 4.38. The van der Waals surface area contributed by atoms with Crippen molar-refractivity contribution in [2.45, 2.75) is 32.9 Å². The van der Waals surface area contributed by atoms with Gasteiger partial charge < -0.3 is 14.2 Å². The molecule has 2 aromatic heterocycles. The van der Waals surface area contributed by atoms with Gasteiger partial charge in [-0.3, -0.25) is 9.36 Å². The minimum Gasteiger partial charge on any atom is -0.497 e. The van der Waals surface area contributed by atoms with Gasteiger partial charge in [0.05, 0.1) is 36.1 Å². The second kappa shape index (κ2) is 9.36. The van der Waals surface area contributed by atoms with Gasteiger partial charge in [-0.1, -0.05) is 17.4 Å². The maximum Gasteiger partial charge on any atom is 0.338 e. The molecule has 33 heavy (non-hydrogen) atoms. The number of hydrogen-bond donors (Lipinski definition) is 0. The smallest absolute Gasteiger partial charge is 0.338 e. The summed E-state index contributed by atoms with van der Waals surface area (Å²) < 4.78 is 18.3. The molecule has 3 heterocycles. The lowest BCUT2D eigenvalue weighted by molar-refractivity contribution is -0.143. The van der Waals surface area contributed by atoms with Crippen molar-refractivity contribution >= 4 is 34.7 Å². The zero-order chi connectivity index (χ0) is 23.7. The number of carbonyl (C=O) groups excluding carboxylic acids is 1. The number of thiazole rings is 1. The number of fused-ring (bicyclic) bond motifs is 1. The largest absolute Gasteiger partial charge is 0.497 e. The number of allylic oxidation sites excluding steroid dienone is 1. The molecular formula is C24H24N2O5S2. The van der Waals surface area contributed by atoms with Crippen LogP contribution in [0.25, 0.3) is 6.08 Å². The number of methoxy groups -OCH3 is 2. The number of thiophene rings is 1. The molecule has 0 saturated heterocycles. The summed E-state index contributed by atoms with van der Waals surface area (Å²) in [4.78, 5) is 32.6. The molecule has 7 nitrogen and oxygen atoms in total. The molecule has 0 aliphatic carbocycles. The summed E-state index contributed by atoms with van der Waals surface area (Å²) in [6, 6.07) is 8.62. The quantitative estimate of drug-likeness (QED) is 0.502. The van der Waals surface area contributed by atoms with Crippen LogP contribution in [0, 0.1) is 0 Å². The van der Waals surface area contributed by atoms with Crippen LogP contribution in [0.3, 0.4) is 0 Å². The number of rotatable bonds is 6. The third-order valence-electron chi connectivity index (χ3n) is 5.12. The van der Waals surface area contributed by atoms with Crippen LogP contribution >= 0.6 is 22.7 Å². The van der Waals surface area contributed by atoms with Gasteiger partial charge in [0.2, 0.25) is 0 Å². The highest BCUT2D eigenvalue weighted by molar-refractivity contribution is 7.10. The Kier molecular flexibility index (Phi) is 6.53. The molecule has 9 heteroatoms. The van der Waals surface area contributed by atoms with E-state index in [1.807, 2.05) is 23.6 Å². The molecule has 172 valence electrons. The van der Waals surface area contributed by atoms with Crippen LogP contribution in [0.15, 0.2) is 56.8 Å². The first-order valence-electron chi connectivity index (χ1n) is 10.3. The van der Waals surface area contributed by atoms with E-state index < -0.39 is 12.0 Å². The van der Waals surface area contributed by atoms with Gasteiger partial charge in [0, 0.05) is 10.4 Å². The van der Waals surface area contributed by atoms with E-state index in [0.717, 1.165) is 4.88 Å². The van der Waals surface area contributed by atoms with Crippen molar-refractivity contribution < 1.29 is 19.0 Å². The normalized spacial score (nSPS) is 15.9. The molecule has 1 aliphatic rings. The lowest BCUT2D eigenvalue weighted by atomic mass is 10.0. The van der Waals surface area contributed by atoms with E-state index in [9.17, 15) is 9.59 Å². The van der Waals surface area contributed by atoms with Gasteiger partial charge in [0.15, 0.2) is 4.80 Å². The van der Waals surface area contributed by atoms with Crippen LogP contribution in [0.4, 0.5) is 0 Å². The van der Waals surface area contributed by atoms with Gasteiger partial charge in [-0.15, -0.1) is 11.3 Å². The summed E-state index contributed by atoms with van der Waals surface area (Å²) >= 11 is 2.75. The van der Waals surface area contributed by atoms with Gasteiger partial charge in [-0.25, -0.2) is 9.79 Å². The Morgan fingerprint density at radius 2 is 2.00 bits per heavy atom. The first-order valence-corrected chi connectivity index (χ1v) is 12.0. The fourth-order valence-electron chi connectivity index (χ4n) is 3.67. The third-order valence-corrected chi connectivity index (χ3v) is 7.03. The number of nitrogens with zero attached hydrogens (tertiary/aromatic N) is 2. The SMILES string of the molecule is COc1ccc(OC)c(/C=c2\sc3n(c2=O)[C@H](c2cccs2)C(C(=O)OC(C)C)=C(C)N=3)c1. The summed E-state index contributed by atoms with van der Waals surface area (Å²) in [5, 5.41) is 1.92. The van der Waals surface area contributed by atoms with E-state index in [1.54, 1.807) is 57.8 Å². The van der Waals surface area contributed by atoms with Crippen molar-refractivity contribution in [3.05, 3.63) is 77.1 Å². The number of benzene rings is 1. The Bertz CT molecular complexity index is 1400. The van der Waals surface area contributed by atoms with E-state index in [2.05, 4.69) is 4.99 Å². The van der Waals surface area contributed by atoms with Crippen LogP contribution in [-0.4, -0.2) is 30.9 Å². The van der Waals surface area contributed by atoms with E-state index in [-0.39, 0.29) is 11.7 Å². The van der Waals surface area contributed by atoms with Gasteiger partial charge in [-0.05, 0) is 56.5 Å². The highest BCUT2D eigenvalue weighted by Crippen LogP contribution is 2.33. The average Bonchev–Trinajstić information content (AvgIpc) is 3.41. The second-order valence-corrected chi connectivity index (χ2v) is 9.65. The number of aromatic nitrogens is 1. The number of ether oxygens (including phenoxy) is 3. The minimum atomic E-state index is -0.596. The Morgan fingerprint density at radius 3 is 2.64 bits per heavy atom. The topological polar surface area (TPSA) is 79.1 Å². The van der Waals surface area contributed by atoms with Gasteiger partial charge in [-0.2, -0.15) is 0 Å². The van der Waals surface area contributed by atoms with Gasteiger partial charge in [0.25, 0.3) is 5.56 Å². The zero-order valence-electron chi connectivity index (χ0n) is 18.9. The van der Waals surface area contributed by atoms with Crippen molar-refractivity contribution in [3.63, 3.8) is 0 Å². The van der Waals surface area contributed by atoms with Crippen LogP contribution in [0.5, 0.6) is 11.5 Å². The molecule has 0 saturated carbocycles. The summed E-state index contributed by atoms with van der Waals surface area (Å²) in [7, 11) is 3.16. The van der Waals surface area contributed by atoms with Crippen LogP contribution in [0.1, 0.15) is 37.3 Å². The van der Waals surface area contributed by atoms with Crippen molar-refractivity contribution in [2.75, 3.05) is 14.2 Å². The first-order chi connectivity index (χ1) is 15.8. The molecule has 3 aromatic rings. The lowest BCUT2D eigenvalue weighted by Crippen LogP contribution is -2.39. The van der Waals surface area contributed by atoms with E-state index in [1.165, 1.54) is 22.7 Å². The van der Waals surface area contributed by atoms with Crippen molar-refractivity contribution in [2.24, 2.45) is 4.99 Å². The fraction of sp³-hybridized carbons (Fsp3) is 0.292. The molecular weight excluding hydrogens is 460 g/mol. The summed E-state index contributed by atoms with van der Waals surface area (Å²) in [5.74, 6) is 0.808. The average molecular weight is 485 g/mol. The Hall–Kier alpha value is -3.17. The van der Waals surface area contributed by atoms with E-state index >= 15 is 0 Å². The molecule has 0 spiro atoms. The van der Waals surface area contributed by atoms with E-state index in [0.29, 0.717) is 37.7 Å². The van der Waals surface area contributed by atoms with Crippen molar-refractivity contribution in [3.8, 4) is 11.5 Å². The van der Waals surface area contributed by atoms with Gasteiger partial charge >= 0.3 is 5.97 Å². The van der Waals surface area contributed by atoms with Crippen LogP contribution in [-0.2, 0) is 9.53 Å². The highest BCUT2D eigenvalue weighted by atomic mass is 32.1. The molecule has 1 aromatic carbocycles. The standard InChI is InChI=1S/C24H24N2O5S2/c1-13(2)31-23(28)20-14(3)25-24-26(21(20)18-7-6-10-32-18)22(27)19(33-24)12-15-11-16(29-4)8-9-17(15)30-5/h6-13,21H,1-5H3/b19-12-/t21-/m1/s1. The Balaban J connectivity index is 1.93. The Morgan fingerprint density at radius 1 is 1.21 bits per heavy atom. The fourth-order valence-corrected chi connectivity index (χ4v) is 5.53. The molecule has 0 unspecified atom stereocenters. The van der Waals surface area contributed by atoms with Crippen molar-refractivity contribution in [1.82, 2.24) is 4.57 Å². The summed E-state index contributed by atoms with van der Waals surface area (Å²) in [6.07, 6.45) is 1.48. The summed E-state index contributed by atoms with van der Waals surface area (Å²) in [5.41, 5.74) is 1.41. The van der Waals surface area contributed by atoms with Crippen LogP contribution in [0.2, 0.25) is 0 Å². The molecule has 4 rings (SSSR count). The predicted octanol–water partition coefficient (Wildman–Crippen LogP) is 3.27. The van der Waals surface area contributed by atoms with E-state index in [4.69, 9.17) is 14.2 Å². The van der Waals surface area contributed by atoms with Crippen molar-refractivity contribution in [1.29, 1.82) is 0 Å².